The maximum atomic E-state index is 13.2. The highest BCUT2D eigenvalue weighted by molar-refractivity contribution is 6.05. The van der Waals surface area contributed by atoms with E-state index in [9.17, 15) is 24.0 Å². The number of hydrogen-bond acceptors (Lipinski definition) is 5. The lowest BCUT2D eigenvalue weighted by molar-refractivity contribution is -0.137. The van der Waals surface area contributed by atoms with Crippen LogP contribution in [0.25, 0.3) is 0 Å². The lowest BCUT2D eigenvalue weighted by Gasteiger charge is -2.29. The Kier molecular flexibility index (Phi) is 7.86. The van der Waals surface area contributed by atoms with Crippen LogP contribution in [0.2, 0.25) is 0 Å². The largest absolute Gasteiger partial charge is 0.350 e. The fraction of sp³-hybridized carbons (Fsp3) is 0.233. The average molecular weight is 540 g/mol. The minimum Gasteiger partial charge on any atom is -0.350 e. The van der Waals surface area contributed by atoms with Crippen LogP contribution in [0.15, 0.2) is 78.9 Å². The highest BCUT2D eigenvalue weighted by atomic mass is 16.2. The van der Waals surface area contributed by atoms with Crippen molar-refractivity contribution in [2.45, 2.75) is 44.6 Å². The van der Waals surface area contributed by atoms with Crippen molar-refractivity contribution in [2.24, 2.45) is 0 Å². The van der Waals surface area contributed by atoms with Crippen molar-refractivity contribution in [1.29, 1.82) is 0 Å². The van der Waals surface area contributed by atoms with Crippen molar-refractivity contribution >= 4 is 29.7 Å². The number of carbonyl (C=O) groups is 5. The molecule has 10 nitrogen and oxygen atoms in total. The second kappa shape index (κ2) is 11.8. The molecule has 2 aliphatic rings. The van der Waals surface area contributed by atoms with E-state index in [0.29, 0.717) is 24.1 Å². The van der Waals surface area contributed by atoms with Gasteiger partial charge in [-0.25, -0.2) is 4.79 Å². The maximum Gasteiger partial charge on any atom is 0.315 e. The van der Waals surface area contributed by atoms with Crippen LogP contribution in [0.1, 0.15) is 51.5 Å². The van der Waals surface area contributed by atoms with Crippen molar-refractivity contribution in [3.63, 3.8) is 0 Å². The summed E-state index contributed by atoms with van der Waals surface area (Å²) in [7, 11) is 0. The number of benzene rings is 3. The molecule has 0 spiro atoms. The standard InChI is InChI=1S/C30H29N5O5/c36-25-14-13-24(27(37)33-25)35-18-22-15-20(11-12-23(22)29(35)39)17-31-28(38)26(21-9-5-2-6-10-21)34-30(40)32-16-19-7-3-1-4-8-19/h1-12,15,24,26H,13-14,16-18H2,(H,31,38)(H2,32,34,40)(H,33,36,37). The van der Waals surface area contributed by atoms with Crippen molar-refractivity contribution in [2.75, 3.05) is 0 Å². The van der Waals surface area contributed by atoms with Gasteiger partial charge in [0, 0.05) is 31.6 Å². The lowest BCUT2D eigenvalue weighted by atomic mass is 10.0. The highest BCUT2D eigenvalue weighted by Crippen LogP contribution is 2.28. The summed E-state index contributed by atoms with van der Waals surface area (Å²) in [6, 6.07) is 21.6. The van der Waals surface area contributed by atoms with Crippen LogP contribution in [-0.2, 0) is 34.0 Å². The van der Waals surface area contributed by atoms with E-state index in [1.54, 1.807) is 36.4 Å². The van der Waals surface area contributed by atoms with Crippen molar-refractivity contribution in [1.82, 2.24) is 26.2 Å². The lowest BCUT2D eigenvalue weighted by Crippen LogP contribution is -2.52. The highest BCUT2D eigenvalue weighted by Gasteiger charge is 2.39. The molecule has 1 saturated heterocycles. The minimum atomic E-state index is -0.920. The Labute approximate surface area is 231 Å². The van der Waals surface area contributed by atoms with Gasteiger partial charge in [0.25, 0.3) is 5.91 Å². The molecule has 3 aromatic carbocycles. The van der Waals surface area contributed by atoms with Crippen LogP contribution < -0.4 is 21.3 Å². The maximum absolute atomic E-state index is 13.2. The number of fused-ring (bicyclic) bond motifs is 1. The fourth-order valence-electron chi connectivity index (χ4n) is 4.94. The second-order valence-corrected chi connectivity index (χ2v) is 9.77. The summed E-state index contributed by atoms with van der Waals surface area (Å²) in [6.45, 7) is 0.743. The molecule has 2 atom stereocenters. The van der Waals surface area contributed by atoms with E-state index in [4.69, 9.17) is 0 Å². The molecule has 0 aliphatic carbocycles. The van der Waals surface area contributed by atoms with Crippen LogP contribution in [0.4, 0.5) is 4.79 Å². The molecule has 0 aromatic heterocycles. The molecule has 40 heavy (non-hydrogen) atoms. The molecule has 5 rings (SSSR count). The summed E-state index contributed by atoms with van der Waals surface area (Å²) >= 11 is 0. The van der Waals surface area contributed by atoms with Crippen LogP contribution in [0, 0.1) is 0 Å². The van der Waals surface area contributed by atoms with E-state index in [1.165, 1.54) is 4.90 Å². The van der Waals surface area contributed by atoms with E-state index in [-0.39, 0.29) is 37.2 Å². The molecule has 1 fully saturated rings. The Morgan fingerprint density at radius 1 is 0.875 bits per heavy atom. The number of piperidine rings is 1. The molecular weight excluding hydrogens is 510 g/mol. The first-order chi connectivity index (χ1) is 19.4. The molecule has 2 unspecified atom stereocenters. The number of amides is 6. The van der Waals surface area contributed by atoms with E-state index in [0.717, 1.165) is 16.7 Å². The predicted molar refractivity (Wildman–Crippen MR) is 145 cm³/mol. The molecule has 0 bridgehead atoms. The van der Waals surface area contributed by atoms with Gasteiger partial charge in [-0.3, -0.25) is 24.5 Å². The molecular formula is C30H29N5O5. The van der Waals surface area contributed by atoms with Crippen LogP contribution >= 0.6 is 0 Å². The van der Waals surface area contributed by atoms with Gasteiger partial charge < -0.3 is 20.9 Å². The van der Waals surface area contributed by atoms with Gasteiger partial charge in [-0.15, -0.1) is 0 Å². The van der Waals surface area contributed by atoms with E-state index >= 15 is 0 Å². The normalized spacial score (nSPS) is 17.1. The summed E-state index contributed by atoms with van der Waals surface area (Å²) in [5.41, 5.74) is 3.59. The number of imide groups is 1. The van der Waals surface area contributed by atoms with Gasteiger partial charge in [-0.05, 0) is 34.7 Å². The first kappa shape index (κ1) is 26.6. The number of rotatable bonds is 8. The molecule has 204 valence electrons. The summed E-state index contributed by atoms with van der Waals surface area (Å²) < 4.78 is 0. The van der Waals surface area contributed by atoms with Crippen molar-refractivity contribution in [3.05, 3.63) is 107 Å². The van der Waals surface area contributed by atoms with Crippen LogP contribution in [0.5, 0.6) is 0 Å². The molecule has 0 radical (unpaired) electrons. The van der Waals surface area contributed by atoms with E-state index < -0.39 is 24.0 Å². The SMILES string of the molecule is O=C1CCC(N2Cc3cc(CNC(=O)C(NC(=O)NCc4ccccc4)c4ccccc4)ccc3C2=O)C(=O)N1. The third kappa shape index (κ3) is 6.01. The Bertz CT molecular complexity index is 1440. The quantitative estimate of drug-likeness (QED) is 0.326. The van der Waals surface area contributed by atoms with Gasteiger partial charge in [0.05, 0.1) is 0 Å². The molecule has 4 N–H and O–H groups in total. The zero-order valence-corrected chi connectivity index (χ0v) is 21.7. The zero-order valence-electron chi connectivity index (χ0n) is 21.7. The summed E-state index contributed by atoms with van der Waals surface area (Å²) in [6.07, 6.45) is 0.481. The van der Waals surface area contributed by atoms with Crippen molar-refractivity contribution in [3.8, 4) is 0 Å². The molecule has 6 amide bonds. The zero-order chi connectivity index (χ0) is 28.1. The Hall–Kier alpha value is -4.99. The first-order valence-electron chi connectivity index (χ1n) is 13.1. The Morgan fingerprint density at radius 3 is 2.30 bits per heavy atom. The van der Waals surface area contributed by atoms with Gasteiger partial charge in [-0.2, -0.15) is 0 Å². The van der Waals surface area contributed by atoms with E-state index in [1.807, 2.05) is 42.5 Å². The second-order valence-electron chi connectivity index (χ2n) is 9.77. The topological polar surface area (TPSA) is 137 Å². The number of nitrogens with one attached hydrogen (secondary N) is 4. The number of hydrogen-bond donors (Lipinski definition) is 4. The van der Waals surface area contributed by atoms with E-state index in [2.05, 4.69) is 21.3 Å². The van der Waals surface area contributed by atoms with Crippen LogP contribution in [-0.4, -0.2) is 40.6 Å². The molecule has 3 aromatic rings. The van der Waals surface area contributed by atoms with Crippen LogP contribution in [0.3, 0.4) is 0 Å². The van der Waals surface area contributed by atoms with Crippen molar-refractivity contribution < 1.29 is 24.0 Å². The predicted octanol–water partition coefficient (Wildman–Crippen LogP) is 2.30. The van der Waals surface area contributed by atoms with Gasteiger partial charge in [0.15, 0.2) is 0 Å². The molecule has 0 saturated carbocycles. The number of nitrogens with zero attached hydrogens (tertiary/aromatic N) is 1. The third-order valence-electron chi connectivity index (χ3n) is 7.02. The average Bonchev–Trinajstić information content (AvgIpc) is 3.29. The minimum absolute atomic E-state index is 0.176. The van der Waals surface area contributed by atoms with Gasteiger partial charge in [0.1, 0.15) is 12.1 Å². The summed E-state index contributed by atoms with van der Waals surface area (Å²) in [4.78, 5) is 64.1. The molecule has 2 heterocycles. The third-order valence-corrected chi connectivity index (χ3v) is 7.02. The Balaban J connectivity index is 1.22. The number of urea groups is 1. The molecule has 2 aliphatic heterocycles. The van der Waals surface area contributed by atoms with Gasteiger partial charge >= 0.3 is 6.03 Å². The smallest absolute Gasteiger partial charge is 0.315 e. The fourth-order valence-corrected chi connectivity index (χ4v) is 4.94. The monoisotopic (exact) mass is 539 g/mol. The summed E-state index contributed by atoms with van der Waals surface area (Å²) in [5.74, 6) is -1.43. The number of carbonyl (C=O) groups excluding carboxylic acids is 5. The van der Waals surface area contributed by atoms with Gasteiger partial charge in [-0.1, -0.05) is 72.8 Å². The Morgan fingerprint density at radius 2 is 1.57 bits per heavy atom. The molecule has 10 heteroatoms. The summed E-state index contributed by atoms with van der Waals surface area (Å²) in [5, 5.41) is 10.7. The first-order valence-corrected chi connectivity index (χ1v) is 13.1. The van der Waals surface area contributed by atoms with Gasteiger partial charge in [0.2, 0.25) is 17.7 Å².